The highest BCUT2D eigenvalue weighted by atomic mass is 35.5. The van der Waals surface area contributed by atoms with Crippen LogP contribution in [0.2, 0.25) is 5.02 Å². The fourth-order valence-electron chi connectivity index (χ4n) is 1.15. The van der Waals surface area contributed by atoms with E-state index in [9.17, 15) is 0 Å². The van der Waals surface area contributed by atoms with Crippen molar-refractivity contribution in [2.45, 2.75) is 12.1 Å². The molecule has 2 rings (SSSR count). The van der Waals surface area contributed by atoms with Crippen LogP contribution in [0.5, 0.6) is 0 Å². The Bertz CT molecular complexity index is 526. The number of aryl methyl sites for hydroxylation is 1. The Morgan fingerprint density at radius 1 is 1.38 bits per heavy atom. The molecule has 0 unspecified atom stereocenters. The van der Waals surface area contributed by atoms with Gasteiger partial charge in [-0.2, -0.15) is 9.97 Å². The van der Waals surface area contributed by atoms with Crippen molar-refractivity contribution in [2.24, 2.45) is 0 Å². The molecular weight excluding hydrogens is 264 g/mol. The fourth-order valence-corrected chi connectivity index (χ4v) is 2.72. The van der Waals surface area contributed by atoms with Crippen LogP contribution in [-0.2, 0) is 0 Å². The van der Waals surface area contributed by atoms with Gasteiger partial charge in [-0.15, -0.1) is 11.3 Å². The second-order valence-corrected chi connectivity index (χ2v) is 5.10. The summed E-state index contributed by atoms with van der Waals surface area (Å²) in [4.78, 5) is 13.2. The van der Waals surface area contributed by atoms with Gasteiger partial charge in [-0.1, -0.05) is 23.4 Å². The summed E-state index contributed by atoms with van der Waals surface area (Å²) < 4.78 is 0. The molecule has 7 heteroatoms. The zero-order valence-electron chi connectivity index (χ0n) is 8.69. The smallest absolute Gasteiger partial charge is 0.224 e. The summed E-state index contributed by atoms with van der Waals surface area (Å²) in [7, 11) is 0. The van der Waals surface area contributed by atoms with Crippen molar-refractivity contribution >= 4 is 40.6 Å². The number of nitrogen functional groups attached to an aromatic ring is 1. The maximum atomic E-state index is 6.15. The van der Waals surface area contributed by atoms with Crippen LogP contribution in [0.15, 0.2) is 10.5 Å². The number of aromatic nitrogens is 3. The number of hydrogen-bond acceptors (Lipinski definition) is 6. The molecule has 84 valence electrons. The predicted octanol–water partition coefficient (Wildman–Crippen LogP) is 2.87. The first-order valence-corrected chi connectivity index (χ1v) is 6.89. The number of hydrogen-bond donors (Lipinski definition) is 1. The maximum Gasteiger partial charge on any atom is 0.224 e. The van der Waals surface area contributed by atoms with Crippen molar-refractivity contribution in [3.8, 4) is 10.7 Å². The number of thiophene rings is 1. The van der Waals surface area contributed by atoms with Crippen molar-refractivity contribution in [2.75, 3.05) is 12.0 Å². The minimum Gasteiger partial charge on any atom is -0.368 e. The zero-order chi connectivity index (χ0) is 11.7. The van der Waals surface area contributed by atoms with Gasteiger partial charge in [-0.25, -0.2) is 4.98 Å². The van der Waals surface area contributed by atoms with Crippen molar-refractivity contribution in [1.82, 2.24) is 15.0 Å². The van der Waals surface area contributed by atoms with E-state index >= 15 is 0 Å². The van der Waals surface area contributed by atoms with E-state index in [2.05, 4.69) is 15.0 Å². The Balaban J connectivity index is 2.55. The molecule has 2 aromatic rings. The normalized spacial score (nSPS) is 10.7. The van der Waals surface area contributed by atoms with E-state index in [0.717, 1.165) is 10.4 Å². The molecule has 0 atom stereocenters. The van der Waals surface area contributed by atoms with Gasteiger partial charge in [0.05, 0.1) is 9.90 Å². The second-order valence-electron chi connectivity index (χ2n) is 3.07. The summed E-state index contributed by atoms with van der Waals surface area (Å²) in [5.74, 6) is 0.761. The minimum atomic E-state index is 0.219. The Kier molecular flexibility index (Phi) is 3.32. The lowest BCUT2D eigenvalue weighted by Gasteiger charge is -2.01. The van der Waals surface area contributed by atoms with Crippen LogP contribution >= 0.6 is 34.7 Å². The number of nitrogens with zero attached hydrogens (tertiary/aromatic N) is 3. The first kappa shape index (κ1) is 11.6. The van der Waals surface area contributed by atoms with Gasteiger partial charge >= 0.3 is 0 Å². The average Bonchev–Trinajstić information content (AvgIpc) is 2.59. The predicted molar refractivity (Wildman–Crippen MR) is 69.1 cm³/mol. The number of thioether (sulfide) groups is 1. The summed E-state index contributed by atoms with van der Waals surface area (Å²) in [6, 6.07) is 0. The van der Waals surface area contributed by atoms with Gasteiger partial charge in [0.2, 0.25) is 5.95 Å². The first-order valence-electron chi connectivity index (χ1n) is 4.41. The quantitative estimate of drug-likeness (QED) is 0.852. The first-order chi connectivity index (χ1) is 7.61. The highest BCUT2D eigenvalue weighted by molar-refractivity contribution is 7.98. The molecule has 0 radical (unpaired) electrons. The topological polar surface area (TPSA) is 64.7 Å². The van der Waals surface area contributed by atoms with E-state index in [1.165, 1.54) is 23.1 Å². The Morgan fingerprint density at radius 3 is 2.69 bits per heavy atom. The molecule has 0 spiro atoms. The molecule has 0 aliphatic heterocycles. The van der Waals surface area contributed by atoms with Crippen LogP contribution in [-0.4, -0.2) is 21.2 Å². The van der Waals surface area contributed by atoms with Gasteiger partial charge in [0.15, 0.2) is 11.0 Å². The van der Waals surface area contributed by atoms with Crippen LogP contribution in [0.25, 0.3) is 10.7 Å². The van der Waals surface area contributed by atoms with Crippen LogP contribution < -0.4 is 5.73 Å². The molecule has 0 amide bonds. The SMILES string of the molecule is CSc1nc(N)nc(-c2scc(C)c2Cl)n1. The van der Waals surface area contributed by atoms with E-state index in [1.807, 2.05) is 18.6 Å². The highest BCUT2D eigenvalue weighted by Gasteiger charge is 2.13. The van der Waals surface area contributed by atoms with Crippen molar-refractivity contribution in [3.05, 3.63) is 16.0 Å². The fraction of sp³-hybridized carbons (Fsp3) is 0.222. The van der Waals surface area contributed by atoms with Crippen LogP contribution in [0.4, 0.5) is 5.95 Å². The molecule has 0 saturated carbocycles. The van der Waals surface area contributed by atoms with Crippen molar-refractivity contribution in [1.29, 1.82) is 0 Å². The summed E-state index contributed by atoms with van der Waals surface area (Å²) in [5.41, 5.74) is 6.63. The monoisotopic (exact) mass is 272 g/mol. The van der Waals surface area contributed by atoms with E-state index < -0.39 is 0 Å². The molecule has 2 heterocycles. The summed E-state index contributed by atoms with van der Waals surface area (Å²) >= 11 is 9.08. The third-order valence-corrected chi connectivity index (χ3v) is 4.16. The Labute approximate surface area is 106 Å². The maximum absolute atomic E-state index is 6.15. The summed E-state index contributed by atoms with van der Waals surface area (Å²) in [6.07, 6.45) is 1.89. The number of nitrogens with two attached hydrogens (primary N) is 1. The molecule has 4 nitrogen and oxygen atoms in total. The summed E-state index contributed by atoms with van der Waals surface area (Å²) in [6.45, 7) is 1.95. The third kappa shape index (κ3) is 2.14. The van der Waals surface area contributed by atoms with Crippen molar-refractivity contribution < 1.29 is 0 Å². The molecule has 0 fully saturated rings. The molecule has 0 aliphatic rings. The van der Waals surface area contributed by atoms with E-state index in [4.69, 9.17) is 17.3 Å². The van der Waals surface area contributed by atoms with Gasteiger partial charge in [0.25, 0.3) is 0 Å². The molecule has 0 bridgehead atoms. The van der Waals surface area contributed by atoms with Crippen LogP contribution in [0.3, 0.4) is 0 Å². The highest BCUT2D eigenvalue weighted by Crippen LogP contribution is 2.34. The van der Waals surface area contributed by atoms with Crippen molar-refractivity contribution in [3.63, 3.8) is 0 Å². The van der Waals surface area contributed by atoms with Crippen LogP contribution in [0, 0.1) is 6.92 Å². The molecule has 2 N–H and O–H groups in total. The molecule has 0 aromatic carbocycles. The second kappa shape index (κ2) is 4.57. The van der Waals surface area contributed by atoms with E-state index in [0.29, 0.717) is 16.0 Å². The van der Waals surface area contributed by atoms with Gasteiger partial charge in [0.1, 0.15) is 0 Å². The third-order valence-electron chi connectivity index (χ3n) is 1.92. The number of anilines is 1. The summed E-state index contributed by atoms with van der Waals surface area (Å²) in [5, 5.41) is 3.25. The average molecular weight is 273 g/mol. The molecule has 0 saturated heterocycles. The number of rotatable bonds is 2. The standard InChI is InChI=1S/C9H9ClN4S2/c1-4-3-16-6(5(4)10)7-12-8(11)14-9(13-7)15-2/h3H,1-2H3,(H2,11,12,13,14). The lowest BCUT2D eigenvalue weighted by atomic mass is 10.3. The van der Waals surface area contributed by atoms with E-state index in [-0.39, 0.29) is 5.95 Å². The van der Waals surface area contributed by atoms with Gasteiger partial charge in [-0.3, -0.25) is 0 Å². The van der Waals surface area contributed by atoms with Crippen LogP contribution in [0.1, 0.15) is 5.56 Å². The van der Waals surface area contributed by atoms with Gasteiger partial charge < -0.3 is 5.73 Å². The molecule has 16 heavy (non-hydrogen) atoms. The Morgan fingerprint density at radius 2 is 2.12 bits per heavy atom. The van der Waals surface area contributed by atoms with Gasteiger partial charge in [0, 0.05) is 0 Å². The van der Waals surface area contributed by atoms with Gasteiger partial charge in [-0.05, 0) is 24.1 Å². The zero-order valence-corrected chi connectivity index (χ0v) is 11.1. The molecule has 0 aliphatic carbocycles. The molecular formula is C9H9ClN4S2. The lowest BCUT2D eigenvalue weighted by Crippen LogP contribution is -2.00. The lowest BCUT2D eigenvalue weighted by molar-refractivity contribution is 0.930. The minimum absolute atomic E-state index is 0.219. The largest absolute Gasteiger partial charge is 0.368 e. The Hall–Kier alpha value is -0.850. The number of halogens is 1. The van der Waals surface area contributed by atoms with E-state index in [1.54, 1.807) is 0 Å². The molecule has 2 aromatic heterocycles.